The molecule has 3 N–H and O–H groups in total. The number of rotatable bonds is 4. The van der Waals surface area contributed by atoms with Gasteiger partial charge in [0.15, 0.2) is 0 Å². The number of nitrogens with one attached hydrogen (secondary N) is 1. The van der Waals surface area contributed by atoms with Crippen molar-refractivity contribution < 1.29 is 9.18 Å². The van der Waals surface area contributed by atoms with Gasteiger partial charge < -0.3 is 16.0 Å². The van der Waals surface area contributed by atoms with Gasteiger partial charge >= 0.3 is 5.69 Å². The minimum absolute atomic E-state index is 0.0669. The summed E-state index contributed by atoms with van der Waals surface area (Å²) in [5.41, 5.74) is 4.80. The Hall–Kier alpha value is -2.81. The van der Waals surface area contributed by atoms with Gasteiger partial charge in [0, 0.05) is 25.2 Å². The molecular formula is C18H21ClFN5O3. The fourth-order valence-electron chi connectivity index (χ4n) is 3.25. The average Bonchev–Trinajstić information content (AvgIpc) is 2.67. The highest BCUT2D eigenvalue weighted by Crippen LogP contribution is 2.21. The quantitative estimate of drug-likeness (QED) is 0.797. The van der Waals surface area contributed by atoms with Gasteiger partial charge in [0.2, 0.25) is 5.91 Å². The molecule has 1 aromatic heterocycles. The lowest BCUT2D eigenvalue weighted by Gasteiger charge is -2.29. The summed E-state index contributed by atoms with van der Waals surface area (Å²) >= 11 is 5.69. The molecule has 1 aliphatic heterocycles. The summed E-state index contributed by atoms with van der Waals surface area (Å²) in [5.74, 6) is -1.36. The largest absolute Gasteiger partial charge is 0.383 e. The molecule has 28 heavy (non-hydrogen) atoms. The molecule has 0 bridgehead atoms. The van der Waals surface area contributed by atoms with E-state index in [1.807, 2.05) is 4.90 Å². The van der Waals surface area contributed by atoms with Crippen molar-refractivity contribution in [3.05, 3.63) is 49.9 Å². The van der Waals surface area contributed by atoms with E-state index in [0.717, 1.165) is 34.5 Å². The highest BCUT2D eigenvalue weighted by molar-refractivity contribution is 6.30. The molecule has 0 aliphatic carbocycles. The first-order valence-corrected chi connectivity index (χ1v) is 9.26. The summed E-state index contributed by atoms with van der Waals surface area (Å²) in [5, 5.41) is 2.53. The van der Waals surface area contributed by atoms with Crippen molar-refractivity contribution in [1.82, 2.24) is 9.13 Å². The van der Waals surface area contributed by atoms with Gasteiger partial charge in [0.1, 0.15) is 23.9 Å². The maximum absolute atomic E-state index is 13.9. The Morgan fingerprint density at radius 2 is 1.93 bits per heavy atom. The molecule has 0 atom stereocenters. The highest BCUT2D eigenvalue weighted by atomic mass is 35.5. The minimum atomic E-state index is -0.715. The third kappa shape index (κ3) is 3.89. The summed E-state index contributed by atoms with van der Waals surface area (Å²) in [6.45, 7) is 0.744. The second-order valence-corrected chi connectivity index (χ2v) is 7.12. The van der Waals surface area contributed by atoms with E-state index in [4.69, 9.17) is 17.3 Å². The third-order valence-electron chi connectivity index (χ3n) is 4.75. The zero-order valence-corrected chi connectivity index (χ0v) is 16.1. The number of halogens is 2. The van der Waals surface area contributed by atoms with Gasteiger partial charge in [0.05, 0.1) is 5.69 Å². The number of amides is 1. The van der Waals surface area contributed by atoms with E-state index < -0.39 is 29.5 Å². The number of nitrogen functional groups attached to an aromatic ring is 1. The number of carbonyl (C=O) groups excluding carboxylic acids is 1. The van der Waals surface area contributed by atoms with E-state index in [1.165, 1.54) is 19.2 Å². The Kier molecular flexibility index (Phi) is 5.73. The molecule has 2 heterocycles. The standard InChI is InChI=1S/C18H21ClFN5O3/c1-23-16(21)15(24-7-3-2-4-8-24)17(27)25(18(23)28)10-14(26)22-13-6-5-11(19)9-12(13)20/h5-6,9H,2-4,7-8,10,21H2,1H3,(H,22,26). The monoisotopic (exact) mass is 409 g/mol. The number of carbonyl (C=O) groups is 1. The smallest absolute Gasteiger partial charge is 0.332 e. The number of anilines is 3. The molecular weight excluding hydrogens is 389 g/mol. The number of nitrogens with two attached hydrogens (primary N) is 1. The van der Waals surface area contributed by atoms with Gasteiger partial charge in [-0.3, -0.25) is 14.2 Å². The van der Waals surface area contributed by atoms with Crippen LogP contribution in [0.3, 0.4) is 0 Å². The van der Waals surface area contributed by atoms with Crippen molar-refractivity contribution in [2.24, 2.45) is 7.05 Å². The molecule has 1 fully saturated rings. The van der Waals surface area contributed by atoms with Crippen molar-refractivity contribution in [3.63, 3.8) is 0 Å². The molecule has 3 rings (SSSR count). The van der Waals surface area contributed by atoms with E-state index in [2.05, 4.69) is 5.32 Å². The Bertz CT molecular complexity index is 1030. The van der Waals surface area contributed by atoms with Crippen LogP contribution in [-0.4, -0.2) is 28.1 Å². The molecule has 1 aromatic carbocycles. The Labute approximate surface area is 165 Å². The minimum Gasteiger partial charge on any atom is -0.383 e. The number of benzene rings is 1. The zero-order valence-electron chi connectivity index (χ0n) is 15.4. The van der Waals surface area contributed by atoms with E-state index >= 15 is 0 Å². The maximum atomic E-state index is 13.9. The van der Waals surface area contributed by atoms with E-state index in [-0.39, 0.29) is 22.2 Å². The number of hydrogen-bond acceptors (Lipinski definition) is 5. The Morgan fingerprint density at radius 1 is 1.25 bits per heavy atom. The van der Waals surface area contributed by atoms with Crippen molar-refractivity contribution in [2.75, 3.05) is 29.0 Å². The average molecular weight is 410 g/mol. The van der Waals surface area contributed by atoms with Crippen molar-refractivity contribution >= 4 is 34.7 Å². The first-order chi connectivity index (χ1) is 13.3. The van der Waals surface area contributed by atoms with Gasteiger partial charge in [-0.1, -0.05) is 11.6 Å². The molecule has 1 amide bonds. The summed E-state index contributed by atoms with van der Waals surface area (Å²) in [7, 11) is 1.44. The zero-order chi connectivity index (χ0) is 20.4. The molecule has 0 radical (unpaired) electrons. The normalized spacial score (nSPS) is 14.2. The molecule has 1 saturated heterocycles. The lowest BCUT2D eigenvalue weighted by molar-refractivity contribution is -0.116. The van der Waals surface area contributed by atoms with Crippen molar-refractivity contribution in [3.8, 4) is 0 Å². The second-order valence-electron chi connectivity index (χ2n) is 6.69. The molecule has 150 valence electrons. The summed E-state index contributed by atoms with van der Waals surface area (Å²) in [6, 6.07) is 3.78. The molecule has 8 nitrogen and oxygen atoms in total. The van der Waals surface area contributed by atoms with Crippen LogP contribution in [0.4, 0.5) is 21.6 Å². The maximum Gasteiger partial charge on any atom is 0.332 e. The Morgan fingerprint density at radius 3 is 2.57 bits per heavy atom. The van der Waals surface area contributed by atoms with E-state index in [9.17, 15) is 18.8 Å². The van der Waals surface area contributed by atoms with Gasteiger partial charge in [-0.25, -0.2) is 13.8 Å². The topological polar surface area (TPSA) is 102 Å². The van der Waals surface area contributed by atoms with Crippen LogP contribution in [0.25, 0.3) is 0 Å². The predicted molar refractivity (Wildman–Crippen MR) is 106 cm³/mol. The molecule has 0 spiro atoms. The summed E-state index contributed by atoms with van der Waals surface area (Å²) in [6.07, 6.45) is 2.89. The van der Waals surface area contributed by atoms with Crippen LogP contribution >= 0.6 is 11.6 Å². The number of aromatic nitrogens is 2. The van der Waals surface area contributed by atoms with E-state index in [0.29, 0.717) is 13.1 Å². The Balaban J connectivity index is 1.93. The van der Waals surface area contributed by atoms with Crippen LogP contribution in [0.5, 0.6) is 0 Å². The summed E-state index contributed by atoms with van der Waals surface area (Å²) < 4.78 is 15.8. The van der Waals surface area contributed by atoms with Crippen LogP contribution in [0, 0.1) is 5.82 Å². The lowest BCUT2D eigenvalue weighted by atomic mass is 10.1. The molecule has 1 aliphatic rings. The molecule has 10 heteroatoms. The highest BCUT2D eigenvalue weighted by Gasteiger charge is 2.23. The van der Waals surface area contributed by atoms with Gasteiger partial charge in [0.25, 0.3) is 5.56 Å². The van der Waals surface area contributed by atoms with E-state index in [1.54, 1.807) is 0 Å². The molecule has 0 unspecified atom stereocenters. The predicted octanol–water partition coefficient (Wildman–Crippen LogP) is 1.55. The van der Waals surface area contributed by atoms with Crippen LogP contribution in [0.2, 0.25) is 5.02 Å². The summed E-state index contributed by atoms with van der Waals surface area (Å²) in [4.78, 5) is 39.6. The first kappa shape index (κ1) is 19.9. The molecule has 2 aromatic rings. The van der Waals surface area contributed by atoms with Crippen LogP contribution in [0.15, 0.2) is 27.8 Å². The number of piperidine rings is 1. The number of hydrogen-bond donors (Lipinski definition) is 2. The van der Waals surface area contributed by atoms with Gasteiger partial charge in [-0.05, 0) is 37.5 Å². The van der Waals surface area contributed by atoms with Crippen molar-refractivity contribution in [2.45, 2.75) is 25.8 Å². The number of nitrogens with zero attached hydrogens (tertiary/aromatic N) is 3. The van der Waals surface area contributed by atoms with Gasteiger partial charge in [-0.15, -0.1) is 0 Å². The second kappa shape index (κ2) is 8.05. The van der Waals surface area contributed by atoms with Crippen LogP contribution < -0.4 is 27.2 Å². The fraction of sp³-hybridized carbons (Fsp3) is 0.389. The van der Waals surface area contributed by atoms with Crippen molar-refractivity contribution in [1.29, 1.82) is 0 Å². The van der Waals surface area contributed by atoms with Gasteiger partial charge in [-0.2, -0.15) is 0 Å². The molecule has 0 saturated carbocycles. The SMILES string of the molecule is Cn1c(N)c(N2CCCCC2)c(=O)n(CC(=O)Nc2ccc(Cl)cc2F)c1=O. The first-order valence-electron chi connectivity index (χ1n) is 8.88. The fourth-order valence-corrected chi connectivity index (χ4v) is 3.40. The van der Waals surface area contributed by atoms with Crippen LogP contribution in [0.1, 0.15) is 19.3 Å². The van der Waals surface area contributed by atoms with Crippen LogP contribution in [-0.2, 0) is 18.4 Å². The third-order valence-corrected chi connectivity index (χ3v) is 4.98. The lowest BCUT2D eigenvalue weighted by Crippen LogP contribution is -2.46.